The minimum atomic E-state index is -4.73. The van der Waals surface area contributed by atoms with Crippen LogP contribution in [0.25, 0.3) is 0 Å². The molecule has 108 valence electrons. The summed E-state index contributed by atoms with van der Waals surface area (Å²) in [5.41, 5.74) is 0.426. The predicted molar refractivity (Wildman–Crippen MR) is 60.8 cm³/mol. The molecule has 1 N–H and O–H groups in total. The van der Waals surface area contributed by atoms with Crippen LogP contribution < -0.4 is 4.74 Å². The maximum atomic E-state index is 12.0. The maximum absolute atomic E-state index is 12.0. The first kappa shape index (κ1) is 14.3. The third kappa shape index (κ3) is 3.95. The lowest BCUT2D eigenvalue weighted by atomic mass is 10.1. The Labute approximate surface area is 112 Å². The number of hydrogen-bond donors (Lipinski definition) is 1. The van der Waals surface area contributed by atoms with Gasteiger partial charge in [-0.1, -0.05) is 12.1 Å². The quantitative estimate of drug-likeness (QED) is 0.936. The average molecular weight is 288 g/mol. The molecule has 0 bridgehead atoms. The van der Waals surface area contributed by atoms with Gasteiger partial charge >= 0.3 is 6.36 Å². The topological polar surface area (TPSA) is 68.4 Å². The SMILES string of the molecule is Cc1nnc(CC(O)c2ccc(OC(F)(F)F)cc2)o1. The maximum Gasteiger partial charge on any atom is 0.573 e. The summed E-state index contributed by atoms with van der Waals surface area (Å²) in [6.07, 6.45) is -5.60. The molecule has 2 aromatic rings. The first-order valence-electron chi connectivity index (χ1n) is 5.66. The largest absolute Gasteiger partial charge is 0.573 e. The molecular formula is C12H11F3N2O3. The summed E-state index contributed by atoms with van der Waals surface area (Å²) in [5.74, 6) is 0.286. The number of benzene rings is 1. The van der Waals surface area contributed by atoms with E-state index in [-0.39, 0.29) is 18.1 Å². The van der Waals surface area contributed by atoms with Gasteiger partial charge in [-0.05, 0) is 17.7 Å². The van der Waals surface area contributed by atoms with Gasteiger partial charge in [-0.2, -0.15) is 0 Å². The fourth-order valence-corrected chi connectivity index (χ4v) is 1.59. The highest BCUT2D eigenvalue weighted by Crippen LogP contribution is 2.25. The molecule has 0 spiro atoms. The number of aromatic nitrogens is 2. The van der Waals surface area contributed by atoms with E-state index in [1.165, 1.54) is 12.1 Å². The molecule has 0 amide bonds. The fraction of sp³-hybridized carbons (Fsp3) is 0.333. The van der Waals surface area contributed by atoms with Gasteiger partial charge in [-0.25, -0.2) is 0 Å². The molecule has 1 unspecified atom stereocenters. The number of nitrogens with zero attached hydrogens (tertiary/aromatic N) is 2. The van der Waals surface area contributed by atoms with Crippen molar-refractivity contribution in [3.8, 4) is 5.75 Å². The van der Waals surface area contributed by atoms with Crippen LogP contribution in [0, 0.1) is 6.92 Å². The fourth-order valence-electron chi connectivity index (χ4n) is 1.59. The Hall–Kier alpha value is -2.09. The van der Waals surface area contributed by atoms with Crippen LogP contribution in [-0.2, 0) is 6.42 Å². The van der Waals surface area contributed by atoms with Gasteiger partial charge in [0.05, 0.1) is 12.5 Å². The summed E-state index contributed by atoms with van der Waals surface area (Å²) >= 11 is 0. The molecule has 0 aliphatic carbocycles. The van der Waals surface area contributed by atoms with Crippen LogP contribution in [0.2, 0.25) is 0 Å². The zero-order valence-corrected chi connectivity index (χ0v) is 10.4. The van der Waals surface area contributed by atoms with Crippen LogP contribution in [0.4, 0.5) is 13.2 Å². The van der Waals surface area contributed by atoms with E-state index in [0.29, 0.717) is 11.5 Å². The molecule has 2 rings (SSSR count). The van der Waals surface area contributed by atoms with Gasteiger partial charge in [-0.3, -0.25) is 0 Å². The average Bonchev–Trinajstić information content (AvgIpc) is 2.73. The first-order chi connectivity index (χ1) is 9.33. The molecule has 0 radical (unpaired) electrons. The number of hydrogen-bond acceptors (Lipinski definition) is 5. The van der Waals surface area contributed by atoms with Gasteiger partial charge in [0, 0.05) is 6.92 Å². The molecule has 1 aromatic carbocycles. The number of aliphatic hydroxyl groups is 1. The normalized spacial score (nSPS) is 13.2. The van der Waals surface area contributed by atoms with Crippen LogP contribution in [0.15, 0.2) is 28.7 Å². The standard InChI is InChI=1S/C12H11F3N2O3/c1-7-16-17-11(19-7)6-10(18)8-2-4-9(5-3-8)20-12(13,14)15/h2-5,10,18H,6H2,1H3. The Morgan fingerprint density at radius 1 is 1.25 bits per heavy atom. The summed E-state index contributed by atoms with van der Waals surface area (Å²) in [7, 11) is 0. The number of halogens is 3. The summed E-state index contributed by atoms with van der Waals surface area (Å²) < 4.78 is 44.8. The highest BCUT2D eigenvalue weighted by molar-refractivity contribution is 5.28. The minimum Gasteiger partial charge on any atom is -0.425 e. The van der Waals surface area contributed by atoms with E-state index in [4.69, 9.17) is 4.42 Å². The van der Waals surface area contributed by atoms with Crippen molar-refractivity contribution >= 4 is 0 Å². The molecule has 20 heavy (non-hydrogen) atoms. The van der Waals surface area contributed by atoms with Gasteiger partial charge in [0.25, 0.3) is 0 Å². The third-order valence-corrected chi connectivity index (χ3v) is 2.43. The molecule has 1 aromatic heterocycles. The molecule has 1 atom stereocenters. The third-order valence-electron chi connectivity index (χ3n) is 2.43. The lowest BCUT2D eigenvalue weighted by Gasteiger charge is -2.11. The zero-order chi connectivity index (χ0) is 14.8. The lowest BCUT2D eigenvalue weighted by molar-refractivity contribution is -0.274. The molecular weight excluding hydrogens is 277 g/mol. The van der Waals surface area contributed by atoms with Crippen molar-refractivity contribution in [3.05, 3.63) is 41.6 Å². The molecule has 0 saturated heterocycles. The molecule has 0 saturated carbocycles. The lowest BCUT2D eigenvalue weighted by Crippen LogP contribution is -2.17. The Morgan fingerprint density at radius 3 is 2.40 bits per heavy atom. The number of alkyl halides is 3. The van der Waals surface area contributed by atoms with Gasteiger partial charge in [-0.15, -0.1) is 23.4 Å². The van der Waals surface area contributed by atoms with Crippen molar-refractivity contribution in [2.75, 3.05) is 0 Å². The monoisotopic (exact) mass is 288 g/mol. The number of ether oxygens (including phenoxy) is 1. The zero-order valence-electron chi connectivity index (χ0n) is 10.4. The Kier molecular flexibility index (Phi) is 3.93. The number of aryl methyl sites for hydroxylation is 1. The van der Waals surface area contributed by atoms with Crippen molar-refractivity contribution in [2.24, 2.45) is 0 Å². The van der Waals surface area contributed by atoms with Crippen LogP contribution >= 0.6 is 0 Å². The van der Waals surface area contributed by atoms with E-state index in [2.05, 4.69) is 14.9 Å². The molecule has 1 heterocycles. The molecule has 0 fully saturated rings. The smallest absolute Gasteiger partial charge is 0.425 e. The number of aliphatic hydroxyl groups excluding tert-OH is 1. The van der Waals surface area contributed by atoms with Crippen molar-refractivity contribution in [1.82, 2.24) is 10.2 Å². The number of rotatable bonds is 4. The minimum absolute atomic E-state index is 0.0836. The van der Waals surface area contributed by atoms with Crippen molar-refractivity contribution in [2.45, 2.75) is 25.8 Å². The Bertz CT molecular complexity index is 566. The second kappa shape index (κ2) is 5.49. The van der Waals surface area contributed by atoms with Gasteiger partial charge in [0.2, 0.25) is 11.8 Å². The summed E-state index contributed by atoms with van der Waals surface area (Å²) in [6, 6.07) is 4.94. The van der Waals surface area contributed by atoms with E-state index in [1.54, 1.807) is 6.92 Å². The van der Waals surface area contributed by atoms with Gasteiger partial charge < -0.3 is 14.3 Å². The van der Waals surface area contributed by atoms with Crippen molar-refractivity contribution < 1.29 is 27.4 Å². The summed E-state index contributed by atoms with van der Waals surface area (Å²) in [6.45, 7) is 1.62. The van der Waals surface area contributed by atoms with Crippen molar-refractivity contribution in [1.29, 1.82) is 0 Å². The van der Waals surface area contributed by atoms with Gasteiger partial charge in [0.15, 0.2) is 0 Å². The molecule has 5 nitrogen and oxygen atoms in total. The summed E-state index contributed by atoms with van der Waals surface area (Å²) in [5, 5.41) is 17.3. The van der Waals surface area contributed by atoms with E-state index in [1.807, 2.05) is 0 Å². The molecule has 8 heteroatoms. The summed E-state index contributed by atoms with van der Waals surface area (Å²) in [4.78, 5) is 0. The highest BCUT2D eigenvalue weighted by atomic mass is 19.4. The first-order valence-corrected chi connectivity index (χ1v) is 5.66. The van der Waals surface area contributed by atoms with E-state index in [0.717, 1.165) is 12.1 Å². The Balaban J connectivity index is 2.02. The van der Waals surface area contributed by atoms with Crippen LogP contribution in [0.5, 0.6) is 5.75 Å². The van der Waals surface area contributed by atoms with Crippen LogP contribution in [0.3, 0.4) is 0 Å². The van der Waals surface area contributed by atoms with Crippen LogP contribution in [-0.4, -0.2) is 21.7 Å². The van der Waals surface area contributed by atoms with E-state index < -0.39 is 12.5 Å². The second-order valence-corrected chi connectivity index (χ2v) is 4.05. The molecule has 0 aliphatic heterocycles. The predicted octanol–water partition coefficient (Wildman–Crippen LogP) is 2.55. The van der Waals surface area contributed by atoms with Crippen molar-refractivity contribution in [3.63, 3.8) is 0 Å². The van der Waals surface area contributed by atoms with E-state index >= 15 is 0 Å². The second-order valence-electron chi connectivity index (χ2n) is 4.05. The highest BCUT2D eigenvalue weighted by Gasteiger charge is 2.31. The van der Waals surface area contributed by atoms with Crippen LogP contribution in [0.1, 0.15) is 23.4 Å². The Morgan fingerprint density at radius 2 is 1.90 bits per heavy atom. The van der Waals surface area contributed by atoms with E-state index in [9.17, 15) is 18.3 Å². The van der Waals surface area contributed by atoms with Gasteiger partial charge in [0.1, 0.15) is 5.75 Å². The molecule has 0 aliphatic rings.